The van der Waals surface area contributed by atoms with Crippen LogP contribution in [0.5, 0.6) is 0 Å². The van der Waals surface area contributed by atoms with E-state index >= 15 is 0 Å². The van der Waals surface area contributed by atoms with E-state index in [1.54, 1.807) is 6.92 Å². The standard InChI is InChI=1S/C11H13N3O4/c1-3-4-13(7-11(15)16)10-5-9(14(17)18)8(2)6-12-10/h3,5-6H,1,4,7H2,2H3,(H,15,16). The van der Waals surface area contributed by atoms with Crippen molar-refractivity contribution in [3.8, 4) is 0 Å². The summed E-state index contributed by atoms with van der Waals surface area (Å²) in [6.07, 6.45) is 2.86. The number of aromatic nitrogens is 1. The summed E-state index contributed by atoms with van der Waals surface area (Å²) in [6.45, 7) is 5.04. The van der Waals surface area contributed by atoms with Crippen LogP contribution in [0.2, 0.25) is 0 Å². The van der Waals surface area contributed by atoms with Gasteiger partial charge in [-0.25, -0.2) is 4.98 Å². The number of anilines is 1. The van der Waals surface area contributed by atoms with Crippen LogP contribution >= 0.6 is 0 Å². The summed E-state index contributed by atoms with van der Waals surface area (Å²) in [4.78, 5) is 26.4. The first-order chi connectivity index (χ1) is 8.45. The van der Waals surface area contributed by atoms with Gasteiger partial charge in [0.15, 0.2) is 0 Å². The number of carbonyl (C=O) groups is 1. The second-order valence-electron chi connectivity index (χ2n) is 3.65. The van der Waals surface area contributed by atoms with Gasteiger partial charge in [0.1, 0.15) is 12.4 Å². The van der Waals surface area contributed by atoms with E-state index in [1.165, 1.54) is 23.2 Å². The highest BCUT2D eigenvalue weighted by Crippen LogP contribution is 2.22. The smallest absolute Gasteiger partial charge is 0.323 e. The third-order valence-electron chi connectivity index (χ3n) is 2.26. The molecule has 0 spiro atoms. The third-order valence-corrected chi connectivity index (χ3v) is 2.26. The molecule has 0 bridgehead atoms. The summed E-state index contributed by atoms with van der Waals surface area (Å²) < 4.78 is 0. The van der Waals surface area contributed by atoms with Crippen LogP contribution in [0.1, 0.15) is 5.56 Å². The summed E-state index contributed by atoms with van der Waals surface area (Å²) in [7, 11) is 0. The lowest BCUT2D eigenvalue weighted by Gasteiger charge is -2.19. The quantitative estimate of drug-likeness (QED) is 0.466. The van der Waals surface area contributed by atoms with Gasteiger partial charge in [-0.05, 0) is 6.92 Å². The minimum absolute atomic E-state index is 0.0838. The molecule has 1 N–H and O–H groups in total. The van der Waals surface area contributed by atoms with Crippen molar-refractivity contribution in [1.29, 1.82) is 0 Å². The Morgan fingerprint density at radius 3 is 2.89 bits per heavy atom. The summed E-state index contributed by atoms with van der Waals surface area (Å²) in [5.41, 5.74) is 0.345. The van der Waals surface area contributed by atoms with Gasteiger partial charge in [0, 0.05) is 18.3 Å². The number of aliphatic carboxylic acids is 1. The van der Waals surface area contributed by atoms with Crippen LogP contribution < -0.4 is 4.90 Å². The number of nitro groups is 1. The van der Waals surface area contributed by atoms with E-state index in [1.807, 2.05) is 0 Å². The number of aryl methyl sites for hydroxylation is 1. The Bertz CT molecular complexity index is 487. The molecular formula is C11H13N3O4. The fourth-order valence-corrected chi connectivity index (χ4v) is 1.43. The van der Waals surface area contributed by atoms with Gasteiger partial charge < -0.3 is 10.0 Å². The molecule has 0 aromatic carbocycles. The van der Waals surface area contributed by atoms with Crippen LogP contribution in [0.25, 0.3) is 0 Å². The number of pyridine rings is 1. The van der Waals surface area contributed by atoms with Gasteiger partial charge in [0.05, 0.1) is 11.0 Å². The van der Waals surface area contributed by atoms with Crippen molar-refractivity contribution in [2.24, 2.45) is 0 Å². The molecule has 0 aliphatic heterocycles. The summed E-state index contributed by atoms with van der Waals surface area (Å²) in [5, 5.41) is 19.6. The summed E-state index contributed by atoms with van der Waals surface area (Å²) >= 11 is 0. The summed E-state index contributed by atoms with van der Waals surface area (Å²) in [6, 6.07) is 1.27. The molecule has 96 valence electrons. The summed E-state index contributed by atoms with van der Waals surface area (Å²) in [5.74, 6) is -0.795. The molecule has 0 fully saturated rings. The average molecular weight is 251 g/mol. The van der Waals surface area contributed by atoms with Crippen molar-refractivity contribution in [3.05, 3.63) is 40.6 Å². The normalized spacial score (nSPS) is 9.83. The van der Waals surface area contributed by atoms with Gasteiger partial charge >= 0.3 is 5.97 Å². The van der Waals surface area contributed by atoms with Crippen LogP contribution in [-0.4, -0.2) is 34.1 Å². The van der Waals surface area contributed by atoms with Crippen LogP contribution in [-0.2, 0) is 4.79 Å². The highest BCUT2D eigenvalue weighted by Gasteiger charge is 2.17. The molecule has 7 heteroatoms. The first kappa shape index (κ1) is 13.6. The lowest BCUT2D eigenvalue weighted by Crippen LogP contribution is -2.30. The van der Waals surface area contributed by atoms with E-state index in [-0.39, 0.29) is 24.6 Å². The highest BCUT2D eigenvalue weighted by atomic mass is 16.6. The number of hydrogen-bond acceptors (Lipinski definition) is 5. The predicted molar refractivity (Wildman–Crippen MR) is 65.7 cm³/mol. The Kier molecular flexibility index (Phi) is 4.36. The van der Waals surface area contributed by atoms with E-state index in [9.17, 15) is 14.9 Å². The van der Waals surface area contributed by atoms with Crippen molar-refractivity contribution in [2.75, 3.05) is 18.0 Å². The fourth-order valence-electron chi connectivity index (χ4n) is 1.43. The number of carboxylic acids is 1. The molecule has 1 aromatic heterocycles. The Morgan fingerprint density at radius 2 is 2.39 bits per heavy atom. The molecule has 1 heterocycles. The third kappa shape index (κ3) is 3.27. The zero-order valence-electron chi connectivity index (χ0n) is 9.87. The first-order valence-corrected chi connectivity index (χ1v) is 5.14. The Hall–Kier alpha value is -2.44. The SMILES string of the molecule is C=CCN(CC(=O)O)c1cc([N+](=O)[O-])c(C)cn1. The van der Waals surface area contributed by atoms with E-state index in [4.69, 9.17) is 5.11 Å². The van der Waals surface area contributed by atoms with Gasteiger partial charge in [-0.1, -0.05) is 6.08 Å². The zero-order chi connectivity index (χ0) is 13.7. The lowest BCUT2D eigenvalue weighted by molar-refractivity contribution is -0.385. The van der Waals surface area contributed by atoms with Gasteiger partial charge in [-0.2, -0.15) is 0 Å². The molecule has 18 heavy (non-hydrogen) atoms. The second-order valence-corrected chi connectivity index (χ2v) is 3.65. The Morgan fingerprint density at radius 1 is 1.72 bits per heavy atom. The molecule has 0 unspecified atom stereocenters. The van der Waals surface area contributed by atoms with Crippen molar-refractivity contribution in [2.45, 2.75) is 6.92 Å². The number of carboxylic acid groups (broad SMARTS) is 1. The molecule has 0 radical (unpaired) electrons. The van der Waals surface area contributed by atoms with Crippen LogP contribution in [0, 0.1) is 17.0 Å². The van der Waals surface area contributed by atoms with Crippen LogP contribution in [0.4, 0.5) is 11.5 Å². The number of rotatable bonds is 6. The first-order valence-electron chi connectivity index (χ1n) is 5.14. The largest absolute Gasteiger partial charge is 0.480 e. The molecule has 0 atom stereocenters. The maximum Gasteiger partial charge on any atom is 0.323 e. The lowest BCUT2D eigenvalue weighted by atomic mass is 10.2. The van der Waals surface area contributed by atoms with Gasteiger partial charge in [-0.3, -0.25) is 14.9 Å². The van der Waals surface area contributed by atoms with Gasteiger partial charge in [-0.15, -0.1) is 6.58 Å². The number of nitrogens with zero attached hydrogens (tertiary/aromatic N) is 3. The molecule has 1 rings (SSSR count). The minimum atomic E-state index is -1.04. The second kappa shape index (κ2) is 5.76. The molecule has 0 aliphatic rings. The van der Waals surface area contributed by atoms with Crippen LogP contribution in [0.15, 0.2) is 24.9 Å². The van der Waals surface area contributed by atoms with Crippen LogP contribution in [0.3, 0.4) is 0 Å². The van der Waals surface area contributed by atoms with Crippen molar-refractivity contribution >= 4 is 17.5 Å². The topological polar surface area (TPSA) is 96.6 Å². The highest BCUT2D eigenvalue weighted by molar-refractivity contribution is 5.73. The molecule has 0 amide bonds. The molecule has 0 saturated heterocycles. The Balaban J connectivity index is 3.12. The van der Waals surface area contributed by atoms with E-state index in [2.05, 4.69) is 11.6 Å². The van der Waals surface area contributed by atoms with Gasteiger partial charge in [0.2, 0.25) is 0 Å². The van der Waals surface area contributed by atoms with E-state index < -0.39 is 10.9 Å². The van der Waals surface area contributed by atoms with E-state index in [0.29, 0.717) is 5.56 Å². The minimum Gasteiger partial charge on any atom is -0.480 e. The fraction of sp³-hybridized carbons (Fsp3) is 0.273. The van der Waals surface area contributed by atoms with Gasteiger partial charge in [0.25, 0.3) is 5.69 Å². The molecule has 0 saturated carbocycles. The van der Waals surface area contributed by atoms with Crippen molar-refractivity contribution in [3.63, 3.8) is 0 Å². The molecule has 7 nitrogen and oxygen atoms in total. The number of hydrogen-bond donors (Lipinski definition) is 1. The van der Waals surface area contributed by atoms with Crippen molar-refractivity contribution < 1.29 is 14.8 Å². The van der Waals surface area contributed by atoms with Crippen molar-refractivity contribution in [1.82, 2.24) is 4.98 Å². The molecule has 0 aliphatic carbocycles. The average Bonchev–Trinajstić information content (AvgIpc) is 2.28. The maximum atomic E-state index is 10.8. The molecule has 1 aromatic rings. The maximum absolute atomic E-state index is 10.8. The van der Waals surface area contributed by atoms with E-state index in [0.717, 1.165) is 0 Å². The predicted octanol–water partition coefficient (Wildman–Crippen LogP) is 1.38. The zero-order valence-corrected chi connectivity index (χ0v) is 9.87. The monoisotopic (exact) mass is 251 g/mol. The Labute approximate surface area is 104 Å². The molecular weight excluding hydrogens is 238 g/mol.